The summed E-state index contributed by atoms with van der Waals surface area (Å²) in [6.07, 6.45) is 1.76. The summed E-state index contributed by atoms with van der Waals surface area (Å²) in [7, 11) is -0.337. The van der Waals surface area contributed by atoms with E-state index in [0.717, 1.165) is 11.8 Å². The lowest BCUT2D eigenvalue weighted by Gasteiger charge is -2.38. The van der Waals surface area contributed by atoms with Crippen molar-refractivity contribution in [1.29, 1.82) is 0 Å². The summed E-state index contributed by atoms with van der Waals surface area (Å²) in [6, 6.07) is 9.53. The van der Waals surface area contributed by atoms with Crippen LogP contribution in [0.3, 0.4) is 0 Å². The number of likely N-dealkylation sites (tertiary alicyclic amines) is 1. The number of piperidine rings is 1. The number of hydrogen-bond acceptors (Lipinski definition) is 6. The first kappa shape index (κ1) is 19.3. The van der Waals surface area contributed by atoms with Gasteiger partial charge in [0.2, 0.25) is 15.8 Å². The zero-order valence-corrected chi connectivity index (χ0v) is 16.3. The molecule has 0 bridgehead atoms. The minimum atomic E-state index is -3.43. The van der Waals surface area contributed by atoms with Crippen LogP contribution in [0.5, 0.6) is 6.01 Å². The minimum absolute atomic E-state index is 0.0174. The first-order valence-electron chi connectivity index (χ1n) is 8.55. The molecule has 1 N–H and O–H groups in total. The predicted molar refractivity (Wildman–Crippen MR) is 99.0 cm³/mol. The lowest BCUT2D eigenvalue weighted by Crippen LogP contribution is -2.53. The first-order valence-corrected chi connectivity index (χ1v) is 10.4. The quantitative estimate of drug-likeness (QED) is 0.787. The Kier molecular flexibility index (Phi) is 5.47. The number of benzene rings is 1. The van der Waals surface area contributed by atoms with Gasteiger partial charge in [0.05, 0.1) is 13.4 Å². The Hall–Kier alpha value is -2.46. The third-order valence-electron chi connectivity index (χ3n) is 4.59. The zero-order chi connectivity index (χ0) is 19.6. The second kappa shape index (κ2) is 7.65. The van der Waals surface area contributed by atoms with Crippen LogP contribution >= 0.6 is 0 Å². The zero-order valence-electron chi connectivity index (χ0n) is 15.5. The monoisotopic (exact) mass is 393 g/mol. The lowest BCUT2D eigenvalue weighted by molar-refractivity contribution is 0.0674. The Morgan fingerprint density at radius 2 is 2.00 bits per heavy atom. The van der Waals surface area contributed by atoms with E-state index in [1.807, 2.05) is 30.3 Å². The van der Waals surface area contributed by atoms with Crippen molar-refractivity contribution < 1.29 is 17.9 Å². The number of aryl methyl sites for hydroxylation is 1. The molecular formula is C17H23N5O4S. The van der Waals surface area contributed by atoms with Crippen molar-refractivity contribution in [2.24, 2.45) is 7.05 Å². The number of methoxy groups -OCH3 is 1. The van der Waals surface area contributed by atoms with Crippen molar-refractivity contribution in [3.05, 3.63) is 41.7 Å². The highest BCUT2D eigenvalue weighted by molar-refractivity contribution is 7.88. The molecule has 2 aromatic rings. The van der Waals surface area contributed by atoms with Crippen molar-refractivity contribution in [2.45, 2.75) is 18.4 Å². The molecule has 146 valence electrons. The van der Waals surface area contributed by atoms with Crippen LogP contribution in [-0.2, 0) is 17.1 Å². The van der Waals surface area contributed by atoms with Crippen LogP contribution < -0.4 is 9.46 Å². The molecule has 1 aliphatic heterocycles. The number of carbonyl (C=O) groups is 1. The maximum absolute atomic E-state index is 12.8. The van der Waals surface area contributed by atoms with Crippen molar-refractivity contribution in [2.75, 3.05) is 26.5 Å². The number of nitrogens with one attached hydrogen (secondary N) is 1. The summed E-state index contributed by atoms with van der Waals surface area (Å²) in [5, 5.41) is 4.08. The molecule has 0 spiro atoms. The van der Waals surface area contributed by atoms with Gasteiger partial charge in [-0.25, -0.2) is 17.8 Å². The van der Waals surface area contributed by atoms with Crippen LogP contribution in [0.25, 0.3) is 0 Å². The third kappa shape index (κ3) is 4.45. The van der Waals surface area contributed by atoms with E-state index in [9.17, 15) is 13.2 Å². The van der Waals surface area contributed by atoms with E-state index in [4.69, 9.17) is 4.74 Å². The smallest absolute Gasteiger partial charge is 0.314 e. The van der Waals surface area contributed by atoms with Gasteiger partial charge in [0.1, 0.15) is 0 Å². The molecule has 9 nitrogen and oxygen atoms in total. The molecule has 2 heterocycles. The van der Waals surface area contributed by atoms with Gasteiger partial charge >= 0.3 is 6.01 Å². The number of carbonyl (C=O) groups excluding carboxylic acids is 1. The molecule has 1 fully saturated rings. The van der Waals surface area contributed by atoms with E-state index in [0.29, 0.717) is 13.0 Å². The van der Waals surface area contributed by atoms with Gasteiger partial charge in [-0.05, 0) is 12.0 Å². The second-order valence-electron chi connectivity index (χ2n) is 6.60. The van der Waals surface area contributed by atoms with Gasteiger partial charge in [-0.3, -0.25) is 4.79 Å². The Labute approximate surface area is 158 Å². The van der Waals surface area contributed by atoms with Crippen LogP contribution in [0.4, 0.5) is 0 Å². The van der Waals surface area contributed by atoms with Crippen molar-refractivity contribution >= 4 is 15.9 Å². The fourth-order valence-electron chi connectivity index (χ4n) is 3.41. The second-order valence-corrected chi connectivity index (χ2v) is 8.38. The van der Waals surface area contributed by atoms with Gasteiger partial charge in [-0.2, -0.15) is 4.98 Å². The molecule has 3 rings (SSSR count). The van der Waals surface area contributed by atoms with E-state index in [2.05, 4.69) is 14.8 Å². The third-order valence-corrected chi connectivity index (χ3v) is 5.32. The largest absolute Gasteiger partial charge is 0.467 e. The first-order chi connectivity index (χ1) is 12.8. The molecule has 0 aliphatic carbocycles. The Balaban J connectivity index is 1.83. The van der Waals surface area contributed by atoms with Gasteiger partial charge in [0, 0.05) is 32.1 Å². The van der Waals surface area contributed by atoms with Gasteiger partial charge in [-0.1, -0.05) is 30.3 Å². The molecule has 1 saturated heterocycles. The molecule has 1 aromatic carbocycles. The number of nitrogens with zero attached hydrogens (tertiary/aromatic N) is 4. The van der Waals surface area contributed by atoms with E-state index < -0.39 is 16.1 Å². The van der Waals surface area contributed by atoms with Gasteiger partial charge in [0.15, 0.2) is 0 Å². The number of aromatic nitrogens is 3. The highest BCUT2D eigenvalue weighted by Crippen LogP contribution is 2.29. The van der Waals surface area contributed by atoms with E-state index in [1.54, 1.807) is 11.9 Å². The number of sulfonamides is 1. The fourth-order valence-corrected chi connectivity index (χ4v) is 4.20. The topological polar surface area (TPSA) is 106 Å². The van der Waals surface area contributed by atoms with Crippen LogP contribution in [0.2, 0.25) is 0 Å². The maximum Gasteiger partial charge on any atom is 0.314 e. The Morgan fingerprint density at radius 1 is 1.30 bits per heavy atom. The SMILES string of the molecule is COc1nc(C(=O)N2CC[C@@H](c3ccccc3)[C@@H](NS(C)(=O)=O)C2)nn1C. The molecule has 1 amide bonds. The summed E-state index contributed by atoms with van der Waals surface area (Å²) >= 11 is 0. The van der Waals surface area contributed by atoms with E-state index in [1.165, 1.54) is 11.8 Å². The molecule has 1 aromatic heterocycles. The van der Waals surface area contributed by atoms with Crippen LogP contribution in [-0.4, -0.2) is 66.5 Å². The summed E-state index contributed by atoms with van der Waals surface area (Å²) in [4.78, 5) is 18.5. The molecule has 1 aliphatic rings. The summed E-state index contributed by atoms with van der Waals surface area (Å²) < 4.78 is 32.8. The summed E-state index contributed by atoms with van der Waals surface area (Å²) in [6.45, 7) is 0.729. The van der Waals surface area contributed by atoms with Crippen LogP contribution in [0, 0.1) is 0 Å². The fraction of sp³-hybridized carbons (Fsp3) is 0.471. The molecule has 2 atom stereocenters. The average Bonchev–Trinajstić information content (AvgIpc) is 3.01. The van der Waals surface area contributed by atoms with Crippen LogP contribution in [0.15, 0.2) is 30.3 Å². The molecule has 0 radical (unpaired) electrons. The standard InChI is InChI=1S/C17H23N5O4S/c1-21-17(26-2)18-15(19-21)16(23)22-10-9-13(12-7-5-4-6-8-12)14(11-22)20-27(3,24)25/h4-8,13-14,20H,9-11H2,1-3H3/t13-,14-/m0/s1. The molecule has 0 saturated carbocycles. The summed E-state index contributed by atoms with van der Waals surface area (Å²) in [5.41, 5.74) is 1.04. The normalized spacial score (nSPS) is 20.5. The lowest BCUT2D eigenvalue weighted by atomic mass is 9.86. The van der Waals surface area contributed by atoms with Crippen molar-refractivity contribution in [1.82, 2.24) is 24.4 Å². The minimum Gasteiger partial charge on any atom is -0.467 e. The molecule has 10 heteroatoms. The van der Waals surface area contributed by atoms with Crippen LogP contribution in [0.1, 0.15) is 28.5 Å². The summed E-state index contributed by atoms with van der Waals surface area (Å²) in [5.74, 6) is -0.331. The number of ether oxygens (including phenoxy) is 1. The maximum atomic E-state index is 12.8. The number of amides is 1. The average molecular weight is 393 g/mol. The highest BCUT2D eigenvalue weighted by Gasteiger charge is 2.35. The van der Waals surface area contributed by atoms with Crippen molar-refractivity contribution in [3.63, 3.8) is 0 Å². The van der Waals surface area contributed by atoms with Gasteiger partial charge in [-0.15, -0.1) is 5.10 Å². The predicted octanol–water partition coefficient (Wildman–Crippen LogP) is 0.371. The molecule has 0 unspecified atom stereocenters. The molecule has 27 heavy (non-hydrogen) atoms. The number of rotatable bonds is 5. The van der Waals surface area contributed by atoms with E-state index in [-0.39, 0.29) is 30.2 Å². The van der Waals surface area contributed by atoms with Crippen molar-refractivity contribution in [3.8, 4) is 6.01 Å². The molecular weight excluding hydrogens is 370 g/mol. The van der Waals surface area contributed by atoms with E-state index >= 15 is 0 Å². The Bertz CT molecular complexity index is 913. The van der Waals surface area contributed by atoms with Gasteiger partial charge in [0.25, 0.3) is 5.91 Å². The van der Waals surface area contributed by atoms with Gasteiger partial charge < -0.3 is 9.64 Å². The Morgan fingerprint density at radius 3 is 2.59 bits per heavy atom. The highest BCUT2D eigenvalue weighted by atomic mass is 32.2. The number of hydrogen-bond donors (Lipinski definition) is 1.